The molecule has 0 aliphatic carbocycles. The molecule has 2 aliphatic heterocycles. The lowest BCUT2D eigenvalue weighted by Crippen LogP contribution is -2.03. The Morgan fingerprint density at radius 1 is 0.429 bits per heavy atom. The molecule has 278 valence electrons. The van der Waals surface area contributed by atoms with Crippen LogP contribution in [0.3, 0.4) is 0 Å². The van der Waals surface area contributed by atoms with E-state index in [0.717, 1.165) is 24.7 Å². The number of hydrogen-bond donors (Lipinski definition) is 0. The van der Waals surface area contributed by atoms with Gasteiger partial charge in [-0.3, -0.25) is 0 Å². The third kappa shape index (κ3) is 34.1. The van der Waals surface area contributed by atoms with E-state index in [0.29, 0.717) is 25.4 Å². The Hall–Kier alpha value is -3.60. The van der Waals surface area contributed by atoms with Crippen molar-refractivity contribution in [1.29, 1.82) is 0 Å². The molecule has 2 unspecified atom stereocenters. The van der Waals surface area contributed by atoms with Crippen molar-refractivity contribution in [3.05, 3.63) is 121 Å². The highest BCUT2D eigenvalue weighted by atomic mass is 16.6. The van der Waals surface area contributed by atoms with Crippen LogP contribution in [0.4, 0.5) is 0 Å². The Kier molecular flexibility index (Phi) is 45.2. The van der Waals surface area contributed by atoms with Gasteiger partial charge in [0.05, 0.1) is 13.2 Å². The number of hydrogen-bond acceptors (Lipinski definition) is 4. The SMILES string of the molecule is C.CC.CC.CC.CC.CCC.CCC.c1ccc(-c2ccccc2)cc1.c1ccc(OCC2CO2)cc1.c1ccc(OCC2CO2)cc1. The summed E-state index contributed by atoms with van der Waals surface area (Å²) in [4.78, 5) is 0. The van der Waals surface area contributed by atoms with Crippen molar-refractivity contribution < 1.29 is 18.9 Å². The number of benzene rings is 4. The number of rotatable bonds is 7. The molecule has 4 heteroatoms. The van der Waals surface area contributed by atoms with E-state index in [1.54, 1.807) is 0 Å². The van der Waals surface area contributed by atoms with Gasteiger partial charge in [-0.15, -0.1) is 0 Å². The molecule has 2 heterocycles. The summed E-state index contributed by atoms with van der Waals surface area (Å²) in [6, 6.07) is 40.4. The zero-order valence-electron chi connectivity index (χ0n) is 32.6. The molecule has 2 aliphatic rings. The summed E-state index contributed by atoms with van der Waals surface area (Å²) in [7, 11) is 0. The molecule has 2 saturated heterocycles. The van der Waals surface area contributed by atoms with E-state index in [1.165, 1.54) is 24.0 Å². The Bertz CT molecular complexity index is 991. The van der Waals surface area contributed by atoms with E-state index in [2.05, 4.69) is 76.2 Å². The van der Waals surface area contributed by atoms with E-state index in [4.69, 9.17) is 18.9 Å². The lowest BCUT2D eigenvalue weighted by atomic mass is 10.1. The van der Waals surface area contributed by atoms with Crippen molar-refractivity contribution in [3.8, 4) is 22.6 Å². The Labute approximate surface area is 304 Å². The van der Waals surface area contributed by atoms with Crippen molar-refractivity contribution in [2.24, 2.45) is 0 Å². The summed E-state index contributed by atoms with van der Waals surface area (Å²) in [6.45, 7) is 27.6. The average Bonchev–Trinajstić information content (AvgIpc) is 4.13. The minimum atomic E-state index is 0. The van der Waals surface area contributed by atoms with Gasteiger partial charge in [0.25, 0.3) is 0 Å². The fraction of sp³-hybridized carbons (Fsp3) is 0.467. The third-order valence-corrected chi connectivity index (χ3v) is 5.04. The van der Waals surface area contributed by atoms with Gasteiger partial charge in [0.15, 0.2) is 0 Å². The first-order valence-corrected chi connectivity index (χ1v) is 18.4. The second kappa shape index (κ2) is 42.4. The minimum Gasteiger partial charge on any atom is -0.491 e. The third-order valence-electron chi connectivity index (χ3n) is 5.04. The first-order valence-electron chi connectivity index (χ1n) is 18.4. The monoisotopic (exact) mass is 679 g/mol. The van der Waals surface area contributed by atoms with Gasteiger partial charge >= 0.3 is 0 Å². The van der Waals surface area contributed by atoms with E-state index >= 15 is 0 Å². The molecule has 2 atom stereocenters. The topological polar surface area (TPSA) is 43.5 Å². The van der Waals surface area contributed by atoms with Gasteiger partial charge in [0.2, 0.25) is 0 Å². The van der Waals surface area contributed by atoms with Crippen molar-refractivity contribution >= 4 is 0 Å². The van der Waals surface area contributed by atoms with E-state index in [9.17, 15) is 0 Å². The predicted octanol–water partition coefficient (Wildman–Crippen LogP) is 13.9. The smallest absolute Gasteiger partial charge is 0.119 e. The quantitative estimate of drug-likeness (QED) is 0.182. The van der Waals surface area contributed by atoms with Crippen LogP contribution in [-0.4, -0.2) is 38.6 Å². The van der Waals surface area contributed by atoms with E-state index in [-0.39, 0.29) is 7.43 Å². The molecule has 0 spiro atoms. The highest BCUT2D eigenvalue weighted by Crippen LogP contribution is 2.17. The molecular formula is C45H74O4. The van der Waals surface area contributed by atoms with Crippen LogP contribution in [0.5, 0.6) is 11.5 Å². The zero-order valence-corrected chi connectivity index (χ0v) is 32.6. The van der Waals surface area contributed by atoms with Gasteiger partial charge in [0, 0.05) is 0 Å². The van der Waals surface area contributed by atoms with Crippen molar-refractivity contribution in [3.63, 3.8) is 0 Å². The van der Waals surface area contributed by atoms with Crippen LogP contribution in [0.1, 0.15) is 103 Å². The fourth-order valence-electron chi connectivity index (χ4n) is 3.00. The van der Waals surface area contributed by atoms with Crippen LogP contribution in [0.15, 0.2) is 121 Å². The molecule has 0 aromatic heterocycles. The van der Waals surface area contributed by atoms with Crippen LogP contribution >= 0.6 is 0 Å². The van der Waals surface area contributed by atoms with Crippen LogP contribution in [-0.2, 0) is 9.47 Å². The lowest BCUT2D eigenvalue weighted by Gasteiger charge is -2.01. The summed E-state index contributed by atoms with van der Waals surface area (Å²) < 4.78 is 20.8. The number of para-hydroxylation sites is 2. The molecule has 6 rings (SSSR count). The predicted molar refractivity (Wildman–Crippen MR) is 219 cm³/mol. The highest BCUT2D eigenvalue weighted by Gasteiger charge is 2.23. The second-order valence-corrected chi connectivity index (χ2v) is 9.31. The van der Waals surface area contributed by atoms with Crippen LogP contribution in [0.2, 0.25) is 0 Å². The molecule has 2 fully saturated rings. The van der Waals surface area contributed by atoms with Gasteiger partial charge < -0.3 is 18.9 Å². The Balaban J connectivity index is -0.000000260. The summed E-state index contributed by atoms with van der Waals surface area (Å²) in [6.07, 6.45) is 3.19. The summed E-state index contributed by atoms with van der Waals surface area (Å²) in [5, 5.41) is 0. The Morgan fingerprint density at radius 2 is 0.633 bits per heavy atom. The molecule has 4 aromatic rings. The van der Waals surface area contributed by atoms with Crippen LogP contribution < -0.4 is 9.47 Å². The summed E-state index contributed by atoms with van der Waals surface area (Å²) in [5.41, 5.74) is 2.55. The maximum atomic E-state index is 5.40. The van der Waals surface area contributed by atoms with Crippen LogP contribution in [0.25, 0.3) is 11.1 Å². The van der Waals surface area contributed by atoms with E-state index in [1.807, 2.05) is 128 Å². The van der Waals surface area contributed by atoms with E-state index < -0.39 is 0 Å². The van der Waals surface area contributed by atoms with Gasteiger partial charge in [-0.2, -0.15) is 0 Å². The lowest BCUT2D eigenvalue weighted by molar-refractivity contribution is 0.263. The molecule has 4 nitrogen and oxygen atoms in total. The summed E-state index contributed by atoms with van der Waals surface area (Å²) in [5.74, 6) is 1.84. The second-order valence-electron chi connectivity index (χ2n) is 9.31. The molecule has 49 heavy (non-hydrogen) atoms. The van der Waals surface area contributed by atoms with Gasteiger partial charge in [-0.1, -0.05) is 200 Å². The van der Waals surface area contributed by atoms with Gasteiger partial charge in [0.1, 0.15) is 36.9 Å². The molecule has 0 saturated carbocycles. The van der Waals surface area contributed by atoms with Crippen molar-refractivity contribution in [1.82, 2.24) is 0 Å². The highest BCUT2D eigenvalue weighted by molar-refractivity contribution is 5.62. The molecule has 4 aromatic carbocycles. The first-order chi connectivity index (χ1) is 23.7. The maximum Gasteiger partial charge on any atom is 0.119 e. The normalized spacial score (nSPS) is 13.1. The maximum absolute atomic E-state index is 5.40. The molecule has 0 N–H and O–H groups in total. The van der Waals surface area contributed by atoms with Gasteiger partial charge in [-0.25, -0.2) is 0 Å². The summed E-state index contributed by atoms with van der Waals surface area (Å²) >= 11 is 0. The number of epoxide rings is 2. The first kappa shape index (κ1) is 52.2. The van der Waals surface area contributed by atoms with Crippen LogP contribution in [0, 0.1) is 0 Å². The Morgan fingerprint density at radius 3 is 0.837 bits per heavy atom. The molecule has 0 amide bonds. The fourth-order valence-corrected chi connectivity index (χ4v) is 3.00. The molecular weight excluding hydrogens is 604 g/mol. The number of ether oxygens (including phenoxy) is 4. The standard InChI is InChI=1S/C12H10.2C9H10O2.2C3H8.4C2H6.CH4/c1-3-7-11(8-4-1)12-9-5-2-6-10-12;2*1-2-4-8(5-3-1)10-6-9-7-11-9;2*1-3-2;4*1-2;/h1-10H;2*1-5,9H,6-7H2;2*3H2,1-2H3;4*1-2H3;1H4. The largest absolute Gasteiger partial charge is 0.491 e. The van der Waals surface area contributed by atoms with Crippen molar-refractivity contribution in [2.45, 2.75) is 116 Å². The minimum absolute atomic E-state index is 0. The van der Waals surface area contributed by atoms with Crippen molar-refractivity contribution in [2.75, 3.05) is 26.4 Å². The zero-order chi connectivity index (χ0) is 36.7. The molecule has 0 bridgehead atoms. The average molecular weight is 679 g/mol. The molecule has 0 radical (unpaired) electrons. The van der Waals surface area contributed by atoms with Gasteiger partial charge in [-0.05, 0) is 35.4 Å².